The Bertz CT molecular complexity index is 1020. The minimum Gasteiger partial charge on any atom is -0.322 e. The Morgan fingerprint density at radius 3 is 2.47 bits per heavy atom. The van der Waals surface area contributed by atoms with Gasteiger partial charge in [0.15, 0.2) is 0 Å². The van der Waals surface area contributed by atoms with Crippen molar-refractivity contribution in [1.82, 2.24) is 4.90 Å². The maximum Gasteiger partial charge on any atom is 0.275 e. The molecule has 2 aliphatic rings. The molecular formula is C22H20ClF2N3O2. The number of hydrogen-bond acceptors (Lipinski definition) is 3. The van der Waals surface area contributed by atoms with Crippen LogP contribution >= 0.6 is 11.6 Å². The molecule has 4 rings (SSSR count). The molecular weight excluding hydrogens is 412 g/mol. The van der Waals surface area contributed by atoms with Crippen molar-refractivity contribution in [3.8, 4) is 0 Å². The number of nitrogens with one attached hydrogen (secondary N) is 1. The Morgan fingerprint density at radius 2 is 1.80 bits per heavy atom. The standard InChI is InChI=1S/C22H20ClF2N3O2/c23-15-6-4-14(5-7-15)20-21(30)28(22(27-20)10-2-1-3-11-22)13-19(29)26-18-9-8-16(24)12-17(18)25/h4-9,12H,1-3,10-11,13H2,(H,26,29). The third-order valence-corrected chi connectivity index (χ3v) is 5.80. The molecule has 0 saturated heterocycles. The van der Waals surface area contributed by atoms with Crippen LogP contribution in [0.15, 0.2) is 47.5 Å². The molecule has 156 valence electrons. The lowest BCUT2D eigenvalue weighted by molar-refractivity contribution is -0.134. The van der Waals surface area contributed by atoms with E-state index in [-0.39, 0.29) is 18.1 Å². The first-order valence-corrected chi connectivity index (χ1v) is 10.2. The first-order valence-electron chi connectivity index (χ1n) is 9.81. The summed E-state index contributed by atoms with van der Waals surface area (Å²) >= 11 is 5.95. The van der Waals surface area contributed by atoms with Gasteiger partial charge in [-0.2, -0.15) is 0 Å². The van der Waals surface area contributed by atoms with E-state index in [2.05, 4.69) is 5.32 Å². The van der Waals surface area contributed by atoms with Gasteiger partial charge in [0.1, 0.15) is 29.6 Å². The molecule has 2 aromatic rings. The lowest BCUT2D eigenvalue weighted by Crippen LogP contribution is -2.51. The summed E-state index contributed by atoms with van der Waals surface area (Å²) in [6, 6.07) is 9.74. The van der Waals surface area contributed by atoms with Crippen molar-refractivity contribution in [2.45, 2.75) is 37.8 Å². The Morgan fingerprint density at radius 1 is 1.10 bits per heavy atom. The molecule has 1 fully saturated rings. The summed E-state index contributed by atoms with van der Waals surface area (Å²) in [4.78, 5) is 32.1. The number of rotatable bonds is 4. The monoisotopic (exact) mass is 431 g/mol. The van der Waals surface area contributed by atoms with Crippen molar-refractivity contribution in [2.24, 2.45) is 4.99 Å². The largest absolute Gasteiger partial charge is 0.322 e. The van der Waals surface area contributed by atoms with E-state index in [4.69, 9.17) is 16.6 Å². The van der Waals surface area contributed by atoms with Gasteiger partial charge in [-0.05, 0) is 49.9 Å². The predicted molar refractivity (Wildman–Crippen MR) is 111 cm³/mol. The van der Waals surface area contributed by atoms with Crippen LogP contribution in [0.5, 0.6) is 0 Å². The summed E-state index contributed by atoms with van der Waals surface area (Å²) in [7, 11) is 0. The highest BCUT2D eigenvalue weighted by Crippen LogP contribution is 2.39. The number of aliphatic imine (C=N–C) groups is 1. The summed E-state index contributed by atoms with van der Waals surface area (Å²) in [6.07, 6.45) is 4.16. The lowest BCUT2D eigenvalue weighted by atomic mass is 9.88. The molecule has 1 heterocycles. The van der Waals surface area contributed by atoms with Gasteiger partial charge in [-0.3, -0.25) is 14.6 Å². The molecule has 5 nitrogen and oxygen atoms in total. The number of hydrogen-bond donors (Lipinski definition) is 1. The molecule has 0 radical (unpaired) electrons. The minimum atomic E-state index is -0.874. The van der Waals surface area contributed by atoms with Crippen molar-refractivity contribution in [2.75, 3.05) is 11.9 Å². The fourth-order valence-corrected chi connectivity index (χ4v) is 4.20. The van der Waals surface area contributed by atoms with Gasteiger partial charge in [0.2, 0.25) is 5.91 Å². The Kier molecular flexibility index (Phi) is 5.56. The van der Waals surface area contributed by atoms with E-state index < -0.39 is 23.2 Å². The second-order valence-electron chi connectivity index (χ2n) is 7.57. The zero-order valence-electron chi connectivity index (χ0n) is 16.1. The molecule has 0 unspecified atom stereocenters. The van der Waals surface area contributed by atoms with E-state index in [1.54, 1.807) is 24.3 Å². The fourth-order valence-electron chi connectivity index (χ4n) is 4.07. The quantitative estimate of drug-likeness (QED) is 0.772. The molecule has 0 bridgehead atoms. The first-order chi connectivity index (χ1) is 14.4. The van der Waals surface area contributed by atoms with E-state index >= 15 is 0 Å². The summed E-state index contributed by atoms with van der Waals surface area (Å²) in [6.45, 7) is -0.268. The van der Waals surface area contributed by atoms with Crippen molar-refractivity contribution < 1.29 is 18.4 Å². The van der Waals surface area contributed by atoms with Gasteiger partial charge in [-0.15, -0.1) is 0 Å². The molecule has 2 amide bonds. The molecule has 30 heavy (non-hydrogen) atoms. The van der Waals surface area contributed by atoms with Crippen LogP contribution in [0.2, 0.25) is 5.02 Å². The van der Waals surface area contributed by atoms with Gasteiger partial charge < -0.3 is 10.2 Å². The van der Waals surface area contributed by atoms with E-state index in [1.807, 2.05) is 0 Å². The van der Waals surface area contributed by atoms with Gasteiger partial charge in [0, 0.05) is 16.7 Å². The predicted octanol–water partition coefficient (Wildman–Crippen LogP) is 4.55. The van der Waals surface area contributed by atoms with Crippen LogP contribution in [0.3, 0.4) is 0 Å². The van der Waals surface area contributed by atoms with Crippen LogP contribution in [-0.4, -0.2) is 34.6 Å². The van der Waals surface area contributed by atoms with Crippen LogP contribution in [0.1, 0.15) is 37.7 Å². The molecule has 8 heteroatoms. The second kappa shape index (κ2) is 8.14. The summed E-state index contributed by atoms with van der Waals surface area (Å²) < 4.78 is 27.0. The molecule has 1 aliphatic carbocycles. The highest BCUT2D eigenvalue weighted by Gasteiger charge is 2.48. The molecule has 1 saturated carbocycles. The van der Waals surface area contributed by atoms with Crippen LogP contribution in [0.4, 0.5) is 14.5 Å². The van der Waals surface area contributed by atoms with E-state index in [9.17, 15) is 18.4 Å². The first kappa shape index (κ1) is 20.5. The maximum atomic E-state index is 13.9. The maximum absolute atomic E-state index is 13.9. The number of amides is 2. The number of anilines is 1. The van der Waals surface area contributed by atoms with Crippen LogP contribution in [0.25, 0.3) is 0 Å². The van der Waals surface area contributed by atoms with Crippen LogP contribution in [0, 0.1) is 11.6 Å². The molecule has 2 aromatic carbocycles. The number of carbonyl (C=O) groups excluding carboxylic acids is 2. The fraction of sp³-hybridized carbons (Fsp3) is 0.318. The van der Waals surface area contributed by atoms with Gasteiger partial charge in [-0.1, -0.05) is 30.2 Å². The summed E-state index contributed by atoms with van der Waals surface area (Å²) in [5.74, 6) is -2.51. The number of nitrogens with zero attached hydrogens (tertiary/aromatic N) is 2. The zero-order chi connectivity index (χ0) is 21.3. The topological polar surface area (TPSA) is 61.8 Å². The Balaban J connectivity index is 1.58. The zero-order valence-corrected chi connectivity index (χ0v) is 16.9. The normalized spacial score (nSPS) is 17.9. The second-order valence-corrected chi connectivity index (χ2v) is 8.01. The molecule has 1 spiro atoms. The SMILES string of the molecule is O=C(CN1C(=O)C(c2ccc(Cl)cc2)=NC12CCCCC2)Nc1ccc(F)cc1F. The van der Waals surface area contributed by atoms with Gasteiger partial charge in [0.05, 0.1) is 5.69 Å². The molecule has 0 atom stereocenters. The Labute approximate surface area is 177 Å². The molecule has 1 aliphatic heterocycles. The molecule has 1 N–H and O–H groups in total. The highest BCUT2D eigenvalue weighted by molar-refractivity contribution is 6.47. The van der Waals surface area contributed by atoms with Gasteiger partial charge in [0.25, 0.3) is 5.91 Å². The highest BCUT2D eigenvalue weighted by atomic mass is 35.5. The third-order valence-electron chi connectivity index (χ3n) is 5.55. The van der Waals surface area contributed by atoms with Crippen LogP contribution < -0.4 is 5.32 Å². The number of carbonyl (C=O) groups is 2. The number of benzene rings is 2. The van der Waals surface area contributed by atoms with Crippen molar-refractivity contribution >= 4 is 34.8 Å². The van der Waals surface area contributed by atoms with Crippen molar-refractivity contribution in [3.63, 3.8) is 0 Å². The van der Waals surface area contributed by atoms with E-state index in [0.29, 0.717) is 35.2 Å². The van der Waals surface area contributed by atoms with Crippen molar-refractivity contribution in [1.29, 1.82) is 0 Å². The van der Waals surface area contributed by atoms with Gasteiger partial charge in [-0.25, -0.2) is 8.78 Å². The average Bonchev–Trinajstić information content (AvgIpc) is 2.97. The van der Waals surface area contributed by atoms with Crippen molar-refractivity contribution in [3.05, 3.63) is 64.7 Å². The summed E-state index contributed by atoms with van der Waals surface area (Å²) in [5, 5.41) is 2.98. The van der Waals surface area contributed by atoms with Crippen LogP contribution in [-0.2, 0) is 9.59 Å². The smallest absolute Gasteiger partial charge is 0.275 e. The minimum absolute atomic E-state index is 0.135. The molecule has 0 aromatic heterocycles. The average molecular weight is 432 g/mol. The van der Waals surface area contributed by atoms with E-state index in [1.165, 1.54) is 4.90 Å². The van der Waals surface area contributed by atoms with Gasteiger partial charge >= 0.3 is 0 Å². The Hall–Kier alpha value is -2.80. The third kappa shape index (κ3) is 3.94. The number of halogens is 3. The lowest BCUT2D eigenvalue weighted by Gasteiger charge is -2.38. The summed E-state index contributed by atoms with van der Waals surface area (Å²) in [5.41, 5.74) is 0.0314. The van der Waals surface area contributed by atoms with E-state index in [0.717, 1.165) is 31.4 Å².